The van der Waals surface area contributed by atoms with Crippen molar-refractivity contribution in [3.05, 3.63) is 41.6 Å². The van der Waals surface area contributed by atoms with Gasteiger partial charge in [-0.2, -0.15) is 9.61 Å². The van der Waals surface area contributed by atoms with E-state index in [-0.39, 0.29) is 11.9 Å². The van der Waals surface area contributed by atoms with Crippen LogP contribution in [0.4, 0.5) is 17.3 Å². The first-order valence-electron chi connectivity index (χ1n) is 8.42. The van der Waals surface area contributed by atoms with Crippen molar-refractivity contribution in [3.63, 3.8) is 0 Å². The third kappa shape index (κ3) is 2.90. The van der Waals surface area contributed by atoms with Gasteiger partial charge in [0.1, 0.15) is 29.6 Å². The molecule has 3 aromatic rings. The van der Waals surface area contributed by atoms with E-state index in [1.807, 2.05) is 38.1 Å². The third-order valence-electron chi connectivity index (χ3n) is 4.17. The Hall–Kier alpha value is -3.29. The molecule has 8 heteroatoms. The first-order chi connectivity index (χ1) is 12.5. The molecule has 0 spiro atoms. The summed E-state index contributed by atoms with van der Waals surface area (Å²) in [5, 5.41) is 13.6. The number of fused-ring (bicyclic) bond motifs is 3. The summed E-state index contributed by atoms with van der Waals surface area (Å²) in [7, 11) is 1.80. The number of aromatic nitrogens is 3. The average molecular weight is 352 g/mol. The molecule has 3 N–H and O–H groups in total. The molecule has 1 aliphatic heterocycles. The van der Waals surface area contributed by atoms with E-state index in [1.165, 1.54) is 6.20 Å². The van der Waals surface area contributed by atoms with E-state index >= 15 is 0 Å². The van der Waals surface area contributed by atoms with Crippen molar-refractivity contribution in [2.45, 2.75) is 19.9 Å². The highest BCUT2D eigenvalue weighted by molar-refractivity contribution is 6.00. The number of benzene rings is 1. The summed E-state index contributed by atoms with van der Waals surface area (Å²) in [6, 6.07) is 7.57. The number of carbonyl (C=O) groups is 1. The van der Waals surface area contributed by atoms with Crippen LogP contribution >= 0.6 is 0 Å². The number of nitrogens with zero attached hydrogens (tertiary/aromatic N) is 3. The maximum Gasteiger partial charge on any atom is 0.257 e. The molecule has 1 atom stereocenters. The zero-order chi connectivity index (χ0) is 18.3. The summed E-state index contributed by atoms with van der Waals surface area (Å²) in [5.74, 6) is 1.85. The zero-order valence-electron chi connectivity index (χ0n) is 14.8. The average Bonchev–Trinajstić information content (AvgIpc) is 3.02. The van der Waals surface area contributed by atoms with E-state index in [9.17, 15) is 4.79 Å². The maximum atomic E-state index is 12.6. The molecular formula is C18H20N6O2. The molecule has 0 saturated carbocycles. The Kier molecular flexibility index (Phi) is 3.87. The van der Waals surface area contributed by atoms with Crippen molar-refractivity contribution in [1.82, 2.24) is 19.9 Å². The lowest BCUT2D eigenvalue weighted by Gasteiger charge is -2.15. The van der Waals surface area contributed by atoms with Gasteiger partial charge in [0.05, 0.1) is 12.2 Å². The number of ether oxygens (including phenoxy) is 1. The lowest BCUT2D eigenvalue weighted by atomic mass is 10.2. The first-order valence-corrected chi connectivity index (χ1v) is 8.42. The minimum Gasteiger partial charge on any atom is -0.491 e. The predicted octanol–water partition coefficient (Wildman–Crippen LogP) is 2.33. The van der Waals surface area contributed by atoms with E-state index in [0.29, 0.717) is 23.6 Å². The van der Waals surface area contributed by atoms with Crippen LogP contribution in [0.15, 0.2) is 30.5 Å². The van der Waals surface area contributed by atoms with E-state index in [1.54, 1.807) is 11.6 Å². The maximum absolute atomic E-state index is 12.6. The van der Waals surface area contributed by atoms with Gasteiger partial charge in [0.25, 0.3) is 5.91 Å². The number of amides is 1. The number of carbonyl (C=O) groups excluding carboxylic acids is 1. The molecule has 8 nitrogen and oxygen atoms in total. The van der Waals surface area contributed by atoms with Crippen molar-refractivity contribution in [2.24, 2.45) is 0 Å². The van der Waals surface area contributed by atoms with Crippen LogP contribution in [0.5, 0.6) is 5.75 Å². The van der Waals surface area contributed by atoms with Crippen molar-refractivity contribution in [1.29, 1.82) is 0 Å². The normalized spacial score (nSPS) is 16.7. The smallest absolute Gasteiger partial charge is 0.257 e. The fraction of sp³-hybridized carbons (Fsp3) is 0.278. The molecule has 1 aliphatic rings. The highest BCUT2D eigenvalue weighted by Gasteiger charge is 2.19. The molecule has 4 rings (SSSR count). The molecule has 1 amide bonds. The van der Waals surface area contributed by atoms with Crippen LogP contribution in [0.1, 0.15) is 22.8 Å². The Morgan fingerprint density at radius 3 is 2.96 bits per heavy atom. The topological polar surface area (TPSA) is 92.6 Å². The Bertz CT molecular complexity index is 997. The summed E-state index contributed by atoms with van der Waals surface area (Å²) in [4.78, 5) is 17.2. The lowest BCUT2D eigenvalue weighted by Crippen LogP contribution is -2.36. The standard InChI is InChI=1S/C18H20N6O2/c1-10-4-12-6-13(5-10)26-9-11(2)21-18(25)14-8-20-24-16(19-3)7-15(22-12)23-17(14)24/h4-8,11,19H,9H2,1-3H3,(H,21,25)(H,22,23). The van der Waals surface area contributed by atoms with Crippen LogP contribution in [-0.2, 0) is 0 Å². The van der Waals surface area contributed by atoms with Gasteiger partial charge in [0.2, 0.25) is 0 Å². The predicted molar refractivity (Wildman–Crippen MR) is 99.4 cm³/mol. The summed E-state index contributed by atoms with van der Waals surface area (Å²) in [5.41, 5.74) is 2.83. The summed E-state index contributed by atoms with van der Waals surface area (Å²) in [6.45, 7) is 4.27. The molecule has 0 radical (unpaired) electrons. The summed E-state index contributed by atoms with van der Waals surface area (Å²) >= 11 is 0. The monoisotopic (exact) mass is 352 g/mol. The Balaban J connectivity index is 1.90. The SMILES string of the molecule is CNc1cc2nc3c(cnn13)C(=O)NC(C)COc1cc(C)cc(c1)N2. The molecule has 1 unspecified atom stereocenters. The second-order valence-corrected chi connectivity index (χ2v) is 6.42. The van der Waals surface area contributed by atoms with E-state index in [4.69, 9.17) is 4.74 Å². The number of hydrogen-bond donors (Lipinski definition) is 3. The number of nitrogens with one attached hydrogen (secondary N) is 3. The van der Waals surface area contributed by atoms with E-state index < -0.39 is 0 Å². The van der Waals surface area contributed by atoms with Gasteiger partial charge in [0, 0.05) is 24.9 Å². The fourth-order valence-corrected chi connectivity index (χ4v) is 2.98. The second kappa shape index (κ2) is 6.21. The van der Waals surface area contributed by atoms with Crippen LogP contribution in [0.3, 0.4) is 0 Å². The minimum atomic E-state index is -0.232. The van der Waals surface area contributed by atoms with Crippen molar-refractivity contribution in [2.75, 3.05) is 24.3 Å². The number of rotatable bonds is 1. The minimum absolute atomic E-state index is 0.165. The van der Waals surface area contributed by atoms with E-state index in [0.717, 1.165) is 22.8 Å². The lowest BCUT2D eigenvalue weighted by molar-refractivity contribution is 0.0928. The van der Waals surface area contributed by atoms with Crippen LogP contribution in [0.2, 0.25) is 0 Å². The fourth-order valence-electron chi connectivity index (χ4n) is 2.98. The Labute approximate surface area is 150 Å². The van der Waals surface area contributed by atoms with Gasteiger partial charge in [-0.3, -0.25) is 4.79 Å². The van der Waals surface area contributed by atoms with Crippen LogP contribution in [-0.4, -0.2) is 40.2 Å². The first kappa shape index (κ1) is 16.2. The second-order valence-electron chi connectivity index (χ2n) is 6.42. The molecule has 0 fully saturated rings. The number of anilines is 3. The molecule has 1 aromatic carbocycles. The third-order valence-corrected chi connectivity index (χ3v) is 4.17. The molecule has 2 aromatic heterocycles. The highest BCUT2D eigenvalue weighted by atomic mass is 16.5. The molecule has 0 saturated heterocycles. The quantitative estimate of drug-likeness (QED) is 0.622. The van der Waals surface area contributed by atoms with Gasteiger partial charge in [-0.25, -0.2) is 4.98 Å². The van der Waals surface area contributed by atoms with Gasteiger partial charge < -0.3 is 20.7 Å². The zero-order valence-corrected chi connectivity index (χ0v) is 14.8. The summed E-state index contributed by atoms with van der Waals surface area (Å²) in [6.07, 6.45) is 1.53. The van der Waals surface area contributed by atoms with Gasteiger partial charge in [-0.05, 0) is 31.5 Å². The Morgan fingerprint density at radius 1 is 1.31 bits per heavy atom. The number of aryl methyl sites for hydroxylation is 1. The van der Waals surface area contributed by atoms with Crippen LogP contribution < -0.4 is 20.7 Å². The molecule has 26 heavy (non-hydrogen) atoms. The van der Waals surface area contributed by atoms with Crippen molar-refractivity contribution in [3.8, 4) is 5.75 Å². The van der Waals surface area contributed by atoms with E-state index in [2.05, 4.69) is 26.0 Å². The van der Waals surface area contributed by atoms with Gasteiger partial charge in [-0.1, -0.05) is 0 Å². The van der Waals surface area contributed by atoms with Gasteiger partial charge >= 0.3 is 0 Å². The van der Waals surface area contributed by atoms with Crippen LogP contribution in [0, 0.1) is 6.92 Å². The molecule has 3 heterocycles. The molecule has 0 aliphatic carbocycles. The molecular weight excluding hydrogens is 332 g/mol. The summed E-state index contributed by atoms with van der Waals surface area (Å²) < 4.78 is 7.47. The van der Waals surface area contributed by atoms with Gasteiger partial charge in [0.15, 0.2) is 5.65 Å². The Morgan fingerprint density at radius 2 is 2.15 bits per heavy atom. The van der Waals surface area contributed by atoms with Crippen molar-refractivity contribution < 1.29 is 9.53 Å². The highest BCUT2D eigenvalue weighted by Crippen LogP contribution is 2.26. The molecule has 4 bridgehead atoms. The van der Waals surface area contributed by atoms with Gasteiger partial charge in [-0.15, -0.1) is 0 Å². The van der Waals surface area contributed by atoms with Crippen molar-refractivity contribution >= 4 is 28.9 Å². The van der Waals surface area contributed by atoms with Crippen LogP contribution in [0.25, 0.3) is 5.65 Å². The molecule has 134 valence electrons. The number of hydrogen-bond acceptors (Lipinski definition) is 6. The largest absolute Gasteiger partial charge is 0.491 e.